The zero-order valence-electron chi connectivity index (χ0n) is 9.35. The second-order valence-electron chi connectivity index (χ2n) is 3.99. The van der Waals surface area contributed by atoms with Gasteiger partial charge in [-0.2, -0.15) is 0 Å². The number of hydrogen-bond donors (Lipinski definition) is 1. The molecule has 1 unspecified atom stereocenters. The number of rotatable bonds is 3. The smallest absolute Gasteiger partial charge is 0.410 e. The minimum Gasteiger partial charge on any atom is -0.447 e. The van der Waals surface area contributed by atoms with Crippen molar-refractivity contribution >= 4 is 6.09 Å². The molecule has 1 aliphatic heterocycles. The van der Waals surface area contributed by atoms with Crippen LogP contribution in [0.2, 0.25) is 0 Å². The van der Waals surface area contributed by atoms with Crippen molar-refractivity contribution in [1.29, 1.82) is 0 Å². The Morgan fingerprint density at radius 1 is 1.44 bits per heavy atom. The highest BCUT2D eigenvalue weighted by molar-refractivity contribution is 5.70. The lowest BCUT2D eigenvalue weighted by Crippen LogP contribution is -2.32. The molecule has 86 valence electrons. The number of hydrogen-bond acceptors (Lipinski definition) is 3. The van der Waals surface area contributed by atoms with Gasteiger partial charge in [0.1, 0.15) is 6.61 Å². The van der Waals surface area contributed by atoms with Gasteiger partial charge in [-0.05, 0) is 12.5 Å². The molecule has 0 radical (unpaired) electrons. The van der Waals surface area contributed by atoms with Crippen molar-refractivity contribution in [2.75, 3.05) is 19.7 Å². The molecule has 1 amide bonds. The molecule has 1 aromatic carbocycles. The van der Waals surface area contributed by atoms with Crippen LogP contribution in [0.25, 0.3) is 0 Å². The van der Waals surface area contributed by atoms with Crippen molar-refractivity contribution < 1.29 is 9.53 Å². The maximum Gasteiger partial charge on any atom is 0.410 e. The van der Waals surface area contributed by atoms with Gasteiger partial charge in [0.25, 0.3) is 0 Å². The van der Waals surface area contributed by atoms with Gasteiger partial charge >= 0.3 is 6.09 Å². The van der Waals surface area contributed by atoms with E-state index in [1.54, 1.807) is 4.90 Å². The predicted molar refractivity (Wildman–Crippen MR) is 61.0 cm³/mol. The van der Waals surface area contributed by atoms with Crippen LogP contribution >= 0.6 is 0 Å². The number of nitrogens with two attached hydrogens (primary N) is 1. The van der Waals surface area contributed by atoms with E-state index < -0.39 is 0 Å². The molecule has 0 saturated carbocycles. The maximum atomic E-state index is 11.5. The number of carbonyl (C=O) groups excluding carboxylic acids is 1. The summed E-state index contributed by atoms with van der Waals surface area (Å²) in [6.45, 7) is 3.45. The molecule has 0 bridgehead atoms. The van der Waals surface area contributed by atoms with E-state index in [0.29, 0.717) is 19.7 Å². The average molecular weight is 220 g/mol. The Kier molecular flexibility index (Phi) is 3.10. The first kappa shape index (κ1) is 11.0. The standard InChI is InChI=1S/C12H16N2O2/c1-9-2-4-10(5-3-9)11-8-16-12(15)14(11)7-6-13/h2-5,11H,6-8,13H2,1H3. The van der Waals surface area contributed by atoms with Crippen LogP contribution in [0.4, 0.5) is 4.79 Å². The Morgan fingerprint density at radius 2 is 2.12 bits per heavy atom. The third-order valence-corrected chi connectivity index (χ3v) is 2.81. The first-order valence-electron chi connectivity index (χ1n) is 5.42. The number of amides is 1. The SMILES string of the molecule is Cc1ccc(C2COC(=O)N2CCN)cc1. The molecule has 2 N–H and O–H groups in total. The lowest BCUT2D eigenvalue weighted by molar-refractivity contribution is 0.158. The highest BCUT2D eigenvalue weighted by Crippen LogP contribution is 2.27. The summed E-state index contributed by atoms with van der Waals surface area (Å²) in [7, 11) is 0. The zero-order chi connectivity index (χ0) is 11.5. The largest absolute Gasteiger partial charge is 0.447 e. The lowest BCUT2D eigenvalue weighted by atomic mass is 10.1. The molecule has 4 nitrogen and oxygen atoms in total. The molecule has 1 aliphatic rings. The minimum atomic E-state index is -0.268. The molecule has 4 heteroatoms. The summed E-state index contributed by atoms with van der Waals surface area (Å²) < 4.78 is 5.05. The van der Waals surface area contributed by atoms with E-state index in [1.807, 2.05) is 31.2 Å². The van der Waals surface area contributed by atoms with E-state index >= 15 is 0 Å². The molecule has 1 aromatic rings. The van der Waals surface area contributed by atoms with Gasteiger partial charge in [0, 0.05) is 13.1 Å². The molecule has 0 aliphatic carbocycles. The maximum absolute atomic E-state index is 11.5. The summed E-state index contributed by atoms with van der Waals surface area (Å²) >= 11 is 0. The van der Waals surface area contributed by atoms with Crippen LogP contribution in [0.5, 0.6) is 0 Å². The molecule has 1 saturated heterocycles. The Balaban J connectivity index is 2.19. The summed E-state index contributed by atoms with van der Waals surface area (Å²) in [6, 6.07) is 8.16. The summed E-state index contributed by atoms with van der Waals surface area (Å²) in [5.74, 6) is 0. The van der Waals surface area contributed by atoms with E-state index in [4.69, 9.17) is 10.5 Å². The Bertz CT molecular complexity index is 375. The van der Waals surface area contributed by atoms with Gasteiger partial charge in [-0.3, -0.25) is 4.90 Å². The quantitative estimate of drug-likeness (QED) is 0.838. The molecular weight excluding hydrogens is 204 g/mol. The van der Waals surface area contributed by atoms with E-state index in [-0.39, 0.29) is 12.1 Å². The van der Waals surface area contributed by atoms with E-state index in [2.05, 4.69) is 0 Å². The van der Waals surface area contributed by atoms with E-state index in [0.717, 1.165) is 5.56 Å². The highest BCUT2D eigenvalue weighted by atomic mass is 16.6. The van der Waals surface area contributed by atoms with Crippen molar-refractivity contribution in [1.82, 2.24) is 4.90 Å². The van der Waals surface area contributed by atoms with Gasteiger partial charge in [-0.1, -0.05) is 29.8 Å². The molecule has 2 rings (SSSR count). The molecule has 0 spiro atoms. The van der Waals surface area contributed by atoms with Crippen LogP contribution < -0.4 is 5.73 Å². The van der Waals surface area contributed by atoms with Gasteiger partial charge < -0.3 is 10.5 Å². The van der Waals surface area contributed by atoms with Crippen LogP contribution in [0.3, 0.4) is 0 Å². The fraction of sp³-hybridized carbons (Fsp3) is 0.417. The Morgan fingerprint density at radius 3 is 2.75 bits per heavy atom. The molecule has 1 atom stereocenters. The van der Waals surface area contributed by atoms with Gasteiger partial charge in [0.2, 0.25) is 0 Å². The number of aryl methyl sites for hydroxylation is 1. The number of nitrogens with zero attached hydrogens (tertiary/aromatic N) is 1. The summed E-state index contributed by atoms with van der Waals surface area (Å²) in [5.41, 5.74) is 7.80. The lowest BCUT2D eigenvalue weighted by Gasteiger charge is -2.20. The molecule has 1 heterocycles. The van der Waals surface area contributed by atoms with Crippen LogP contribution in [0.1, 0.15) is 17.2 Å². The van der Waals surface area contributed by atoms with Gasteiger partial charge in [0.05, 0.1) is 6.04 Å². The Labute approximate surface area is 95.0 Å². The van der Waals surface area contributed by atoms with Gasteiger partial charge in [-0.25, -0.2) is 4.79 Å². The first-order valence-corrected chi connectivity index (χ1v) is 5.42. The van der Waals surface area contributed by atoms with Crippen LogP contribution in [-0.2, 0) is 4.74 Å². The summed E-state index contributed by atoms with van der Waals surface area (Å²) in [5, 5.41) is 0. The number of benzene rings is 1. The number of cyclic esters (lactones) is 1. The third-order valence-electron chi connectivity index (χ3n) is 2.81. The fourth-order valence-corrected chi connectivity index (χ4v) is 1.90. The van der Waals surface area contributed by atoms with Crippen molar-refractivity contribution in [2.45, 2.75) is 13.0 Å². The van der Waals surface area contributed by atoms with Crippen molar-refractivity contribution in [3.63, 3.8) is 0 Å². The predicted octanol–water partition coefficient (Wildman–Crippen LogP) is 1.45. The second-order valence-corrected chi connectivity index (χ2v) is 3.99. The average Bonchev–Trinajstić information content (AvgIpc) is 2.63. The van der Waals surface area contributed by atoms with Crippen LogP contribution in [0, 0.1) is 6.92 Å². The van der Waals surface area contributed by atoms with Gasteiger partial charge in [-0.15, -0.1) is 0 Å². The van der Waals surface area contributed by atoms with E-state index in [9.17, 15) is 4.79 Å². The minimum absolute atomic E-state index is 0.0108. The van der Waals surface area contributed by atoms with Crippen molar-refractivity contribution in [2.24, 2.45) is 5.73 Å². The number of ether oxygens (including phenoxy) is 1. The fourth-order valence-electron chi connectivity index (χ4n) is 1.90. The highest BCUT2D eigenvalue weighted by Gasteiger charge is 2.33. The molecule has 16 heavy (non-hydrogen) atoms. The van der Waals surface area contributed by atoms with Crippen LogP contribution in [0.15, 0.2) is 24.3 Å². The first-order chi connectivity index (χ1) is 7.72. The monoisotopic (exact) mass is 220 g/mol. The molecule has 1 fully saturated rings. The normalized spacial score (nSPS) is 20.0. The topological polar surface area (TPSA) is 55.6 Å². The molecular formula is C12H16N2O2. The van der Waals surface area contributed by atoms with Crippen molar-refractivity contribution in [3.05, 3.63) is 35.4 Å². The third kappa shape index (κ3) is 2.02. The molecule has 0 aromatic heterocycles. The number of carbonyl (C=O) groups is 1. The van der Waals surface area contributed by atoms with Crippen molar-refractivity contribution in [3.8, 4) is 0 Å². The zero-order valence-corrected chi connectivity index (χ0v) is 9.35. The Hall–Kier alpha value is -1.55. The summed E-state index contributed by atoms with van der Waals surface area (Å²) in [4.78, 5) is 13.1. The second kappa shape index (κ2) is 4.53. The van der Waals surface area contributed by atoms with E-state index in [1.165, 1.54) is 5.56 Å². The summed E-state index contributed by atoms with van der Waals surface area (Å²) in [6.07, 6.45) is -0.268. The van der Waals surface area contributed by atoms with Gasteiger partial charge in [0.15, 0.2) is 0 Å². The van der Waals surface area contributed by atoms with Crippen LogP contribution in [-0.4, -0.2) is 30.7 Å².